The van der Waals surface area contributed by atoms with Crippen molar-refractivity contribution in [1.29, 1.82) is 0 Å². The summed E-state index contributed by atoms with van der Waals surface area (Å²) >= 11 is 1.22. The molecule has 1 unspecified atom stereocenters. The molecule has 9 heteroatoms. The van der Waals surface area contributed by atoms with Crippen molar-refractivity contribution in [2.75, 3.05) is 25.1 Å². The van der Waals surface area contributed by atoms with Gasteiger partial charge < -0.3 is 15.0 Å². The lowest BCUT2D eigenvalue weighted by molar-refractivity contribution is -0.137. The monoisotopic (exact) mass is 462 g/mol. The van der Waals surface area contributed by atoms with E-state index in [9.17, 15) is 22.8 Å². The summed E-state index contributed by atoms with van der Waals surface area (Å²) in [5.74, 6) is -0.528. The molecule has 0 bridgehead atoms. The average Bonchev–Trinajstić information content (AvgIpc) is 3.29. The smallest absolute Gasteiger partial charge is 0.376 e. The minimum Gasteiger partial charge on any atom is -0.376 e. The summed E-state index contributed by atoms with van der Waals surface area (Å²) in [5, 5.41) is 2.86. The number of hydrogen-bond acceptors (Lipinski definition) is 4. The van der Waals surface area contributed by atoms with E-state index in [1.807, 2.05) is 0 Å². The van der Waals surface area contributed by atoms with Gasteiger partial charge in [-0.25, -0.2) is 0 Å². The summed E-state index contributed by atoms with van der Waals surface area (Å²) < 4.78 is 43.8. The molecular weight excluding hydrogens is 441 g/mol. The lowest BCUT2D eigenvalue weighted by Gasteiger charge is -2.27. The Bertz CT molecular complexity index is 1060. The fourth-order valence-corrected chi connectivity index (χ4v) is 4.66. The largest absolute Gasteiger partial charge is 0.416 e. The van der Waals surface area contributed by atoms with Crippen LogP contribution in [-0.2, 0) is 15.7 Å². The van der Waals surface area contributed by atoms with Crippen molar-refractivity contribution in [2.24, 2.45) is 0 Å². The quantitative estimate of drug-likeness (QED) is 0.668. The zero-order valence-corrected chi connectivity index (χ0v) is 18.1. The summed E-state index contributed by atoms with van der Waals surface area (Å²) in [6, 6.07) is 9.77. The maximum Gasteiger partial charge on any atom is 0.416 e. The number of carbonyl (C=O) groups excluding carboxylic acids is 2. The van der Waals surface area contributed by atoms with Gasteiger partial charge in [-0.2, -0.15) is 13.2 Å². The zero-order chi connectivity index (χ0) is 22.9. The van der Waals surface area contributed by atoms with Crippen LogP contribution < -0.4 is 10.2 Å². The number of benzene rings is 2. The molecule has 2 aliphatic rings. The number of carbonyl (C=O) groups is 2. The predicted octanol–water partition coefficient (Wildman–Crippen LogP) is 4.72. The molecule has 2 aliphatic heterocycles. The molecule has 0 radical (unpaired) electrons. The number of amides is 2. The van der Waals surface area contributed by atoms with Gasteiger partial charge in [0.15, 0.2) is 0 Å². The van der Waals surface area contributed by atoms with Gasteiger partial charge in [0.1, 0.15) is 0 Å². The summed E-state index contributed by atoms with van der Waals surface area (Å²) in [7, 11) is 1.61. The van der Waals surface area contributed by atoms with Gasteiger partial charge >= 0.3 is 6.18 Å². The second-order valence-electron chi connectivity index (χ2n) is 7.62. The summed E-state index contributed by atoms with van der Waals surface area (Å²) in [6.45, 7) is 1.16. The zero-order valence-electron chi connectivity index (χ0n) is 17.2. The molecule has 2 aromatic rings. The highest BCUT2D eigenvalue weighted by atomic mass is 32.2. The van der Waals surface area contributed by atoms with Crippen LogP contribution in [0.4, 0.5) is 18.9 Å². The van der Waals surface area contributed by atoms with Crippen LogP contribution in [0.25, 0.3) is 6.08 Å². The first-order valence-electron chi connectivity index (χ1n) is 10.1. The first-order chi connectivity index (χ1) is 15.2. The fraction of sp³-hybridized carbons (Fsp3) is 0.304. The van der Waals surface area contributed by atoms with Gasteiger partial charge in [-0.05, 0) is 54.8 Å². The van der Waals surface area contributed by atoms with E-state index >= 15 is 0 Å². The highest BCUT2D eigenvalue weighted by Gasteiger charge is 2.30. The minimum absolute atomic E-state index is 0.0364. The van der Waals surface area contributed by atoms with Crippen molar-refractivity contribution in [3.63, 3.8) is 0 Å². The second kappa shape index (κ2) is 8.99. The molecule has 2 heterocycles. The van der Waals surface area contributed by atoms with Crippen LogP contribution in [0.1, 0.15) is 34.3 Å². The number of nitrogens with one attached hydrogen (secondary N) is 1. The SMILES string of the molecule is CN1C(=O)/C(=C/c2ccc(C(F)(F)F)cc2)Sc2ccc(C(=O)NCC3CCCO3)cc21. The molecule has 1 saturated heterocycles. The van der Waals surface area contributed by atoms with Gasteiger partial charge in [-0.15, -0.1) is 0 Å². The van der Waals surface area contributed by atoms with Crippen molar-refractivity contribution < 1.29 is 27.5 Å². The third-order valence-corrected chi connectivity index (χ3v) is 6.45. The van der Waals surface area contributed by atoms with Gasteiger partial charge in [0.2, 0.25) is 0 Å². The number of halogens is 3. The molecule has 168 valence electrons. The lowest BCUT2D eigenvalue weighted by Crippen LogP contribution is -2.33. The van der Waals surface area contributed by atoms with E-state index in [0.717, 1.165) is 29.9 Å². The Balaban J connectivity index is 1.51. The van der Waals surface area contributed by atoms with Crippen molar-refractivity contribution in [2.45, 2.75) is 30.0 Å². The predicted molar refractivity (Wildman–Crippen MR) is 116 cm³/mol. The maximum atomic E-state index is 12.8. The number of rotatable bonds is 4. The van der Waals surface area contributed by atoms with Crippen LogP contribution in [0.5, 0.6) is 0 Å². The van der Waals surface area contributed by atoms with Crippen LogP contribution in [0.2, 0.25) is 0 Å². The van der Waals surface area contributed by atoms with Crippen molar-refractivity contribution in [1.82, 2.24) is 5.32 Å². The van der Waals surface area contributed by atoms with Crippen LogP contribution in [0.15, 0.2) is 52.3 Å². The fourth-order valence-electron chi connectivity index (χ4n) is 3.57. The van der Waals surface area contributed by atoms with Crippen LogP contribution in [-0.4, -0.2) is 38.1 Å². The van der Waals surface area contributed by atoms with Crippen LogP contribution in [0.3, 0.4) is 0 Å². The van der Waals surface area contributed by atoms with E-state index in [2.05, 4.69) is 5.32 Å². The first kappa shape index (κ1) is 22.4. The van der Waals surface area contributed by atoms with E-state index in [-0.39, 0.29) is 17.9 Å². The standard InChI is InChI=1S/C23H21F3N2O3S/c1-28-18-12-15(21(29)27-13-17-3-2-10-31-17)6-9-19(18)32-20(22(28)30)11-14-4-7-16(8-5-14)23(24,25)26/h4-9,11-12,17H,2-3,10,13H2,1H3,(H,27,29)/b20-11-. The number of nitrogens with zero attached hydrogens (tertiary/aromatic N) is 1. The van der Waals surface area contributed by atoms with E-state index in [0.29, 0.717) is 34.9 Å². The Morgan fingerprint density at radius 2 is 2.00 bits per heavy atom. The number of thioether (sulfide) groups is 1. The molecule has 2 amide bonds. The van der Waals surface area contributed by atoms with Crippen molar-refractivity contribution in [3.8, 4) is 0 Å². The van der Waals surface area contributed by atoms with E-state index in [1.165, 1.54) is 28.8 Å². The van der Waals surface area contributed by atoms with Gasteiger partial charge in [0, 0.05) is 30.7 Å². The topological polar surface area (TPSA) is 58.6 Å². The molecule has 5 nitrogen and oxygen atoms in total. The lowest BCUT2D eigenvalue weighted by atomic mass is 10.1. The molecule has 32 heavy (non-hydrogen) atoms. The molecule has 1 fully saturated rings. The van der Waals surface area contributed by atoms with E-state index in [1.54, 1.807) is 31.3 Å². The molecule has 4 rings (SSSR count). The Hall–Kier alpha value is -2.78. The first-order valence-corrected chi connectivity index (χ1v) is 10.9. The number of hydrogen-bond donors (Lipinski definition) is 1. The third-order valence-electron chi connectivity index (χ3n) is 5.37. The highest BCUT2D eigenvalue weighted by molar-refractivity contribution is 8.04. The minimum atomic E-state index is -4.41. The van der Waals surface area contributed by atoms with Crippen LogP contribution in [0, 0.1) is 0 Å². The molecule has 1 N–H and O–H groups in total. The maximum absolute atomic E-state index is 12.8. The third kappa shape index (κ3) is 4.83. The Morgan fingerprint density at radius 3 is 2.66 bits per heavy atom. The van der Waals surface area contributed by atoms with E-state index in [4.69, 9.17) is 4.74 Å². The second-order valence-corrected chi connectivity index (χ2v) is 8.71. The van der Waals surface area contributed by atoms with Gasteiger partial charge in [0.05, 0.1) is 22.3 Å². The summed E-state index contributed by atoms with van der Waals surface area (Å²) in [4.78, 5) is 28.0. The Labute approximate surface area is 187 Å². The van der Waals surface area contributed by atoms with Crippen molar-refractivity contribution >= 4 is 35.3 Å². The van der Waals surface area contributed by atoms with Gasteiger partial charge in [0.25, 0.3) is 11.8 Å². The Kier molecular flexibility index (Phi) is 6.30. The average molecular weight is 462 g/mol. The van der Waals surface area contributed by atoms with E-state index < -0.39 is 11.7 Å². The van der Waals surface area contributed by atoms with Crippen LogP contribution >= 0.6 is 11.8 Å². The molecule has 0 aliphatic carbocycles. The van der Waals surface area contributed by atoms with Crippen molar-refractivity contribution in [3.05, 3.63) is 64.1 Å². The highest BCUT2D eigenvalue weighted by Crippen LogP contribution is 2.42. The molecule has 2 aromatic carbocycles. The van der Waals surface area contributed by atoms with Gasteiger partial charge in [-0.3, -0.25) is 9.59 Å². The number of anilines is 1. The Morgan fingerprint density at radius 1 is 1.25 bits per heavy atom. The number of likely N-dealkylation sites (N-methyl/N-ethyl adjacent to an activating group) is 1. The van der Waals surface area contributed by atoms with Gasteiger partial charge in [-0.1, -0.05) is 23.9 Å². The summed E-state index contributed by atoms with van der Waals surface area (Å²) in [5.41, 5.74) is 0.803. The number of alkyl halides is 3. The molecule has 0 spiro atoms. The molecule has 0 aromatic heterocycles. The number of ether oxygens (including phenoxy) is 1. The molecule has 0 saturated carbocycles. The normalized spacial score (nSPS) is 19.9. The molecule has 1 atom stereocenters. The summed E-state index contributed by atoms with van der Waals surface area (Å²) in [6.07, 6.45) is -0.893. The molecular formula is C23H21F3N2O3S. The number of fused-ring (bicyclic) bond motifs is 1.